The summed E-state index contributed by atoms with van der Waals surface area (Å²) < 4.78 is 0. The van der Waals surface area contributed by atoms with Gasteiger partial charge < -0.3 is 2.85 Å². The van der Waals surface area contributed by atoms with Crippen molar-refractivity contribution in [3.05, 3.63) is 0 Å². The summed E-state index contributed by atoms with van der Waals surface area (Å²) in [6.45, 7) is 0. The molecule has 0 radical (unpaired) electrons. The molecule has 8 bridgehead atoms. The second-order valence-corrected chi connectivity index (χ2v) is 7.13. The summed E-state index contributed by atoms with van der Waals surface area (Å²) in [5, 5.41) is 0. The minimum absolute atomic E-state index is 0. The molecular weight excluding hydrogens is 192 g/mol. The molecule has 7 aliphatic carbocycles. The van der Waals surface area contributed by atoms with Crippen LogP contribution in [0.4, 0.5) is 0 Å². The van der Waals surface area contributed by atoms with Gasteiger partial charge in [0.25, 0.3) is 0 Å². The van der Waals surface area contributed by atoms with Crippen molar-refractivity contribution in [1.82, 2.24) is 0 Å². The normalized spacial score (nSPS) is 67.2. The first kappa shape index (κ1) is 9.76. The molecule has 0 unspecified atom stereocenters. The van der Waals surface area contributed by atoms with Gasteiger partial charge in [0.05, 0.1) is 0 Å². The van der Waals surface area contributed by atoms with Crippen LogP contribution in [0.1, 0.15) is 41.4 Å². The molecule has 0 aromatic carbocycles. The molecule has 0 aromatic heterocycles. The Hall–Kier alpha value is 0.766. The van der Waals surface area contributed by atoms with Gasteiger partial charge in [0, 0.05) is 0 Å². The first-order chi connectivity index (χ1) is 6.90. The molecule has 0 saturated heterocycles. The van der Waals surface area contributed by atoms with E-state index in [9.17, 15) is 0 Å². The zero-order valence-electron chi connectivity index (χ0n) is 11.6. The second kappa shape index (κ2) is 2.96. The fourth-order valence-electron chi connectivity index (χ4n) is 6.89. The van der Waals surface area contributed by atoms with E-state index >= 15 is 0 Å². The number of hydrogen-bond donors (Lipinski definition) is 0. The molecule has 7 saturated carbocycles. The van der Waals surface area contributed by atoms with Gasteiger partial charge in [-0.1, -0.05) is 0 Å². The third kappa shape index (κ3) is 1.01. The van der Waals surface area contributed by atoms with Crippen LogP contribution in [0.5, 0.6) is 0 Å². The van der Waals surface area contributed by atoms with Crippen molar-refractivity contribution in [2.24, 2.45) is 47.3 Å². The molecule has 7 aliphatic rings. The predicted octanol–water partition coefficient (Wildman–Crippen LogP) is 3.17. The maximum Gasteiger partial charge on any atom is 2.00 e. The largest absolute Gasteiger partial charge is 2.00 e. The second-order valence-electron chi connectivity index (χ2n) is 7.13. The van der Waals surface area contributed by atoms with Crippen LogP contribution < -0.4 is 0 Å². The quantitative estimate of drug-likeness (QED) is 0.544. The molecule has 0 spiro atoms. The summed E-state index contributed by atoms with van der Waals surface area (Å²) in [7, 11) is 0. The van der Waals surface area contributed by atoms with Gasteiger partial charge in [-0.15, -0.1) is 0 Å². The van der Waals surface area contributed by atoms with E-state index in [0.717, 1.165) is 0 Å². The molecule has 80 valence electrons. The Bertz CT molecular complexity index is 219. The zero-order valence-corrected chi connectivity index (χ0v) is 11.0. The summed E-state index contributed by atoms with van der Waals surface area (Å²) in [6.07, 6.45) is 9.93. The minimum Gasteiger partial charge on any atom is -1.00 e. The average Bonchev–Trinajstić information content (AvgIpc) is 2.24. The van der Waals surface area contributed by atoms with Crippen LogP contribution in [0.25, 0.3) is 0 Å². The van der Waals surface area contributed by atoms with Gasteiger partial charge >= 0.3 is 23.1 Å². The maximum absolute atomic E-state index is 1.65. The van der Waals surface area contributed by atoms with E-state index in [1.165, 1.54) is 47.3 Å². The Morgan fingerprint density at radius 3 is 0.867 bits per heavy atom. The number of rotatable bonds is 0. The summed E-state index contributed by atoms with van der Waals surface area (Å²) >= 11 is 0. The third-order valence-electron chi connectivity index (χ3n) is 6.93. The predicted molar refractivity (Wildman–Crippen MR) is 63.6 cm³/mol. The topological polar surface area (TPSA) is 0 Å². The standard InChI is InChI=1S/C14H20.Mg.2H/c1-7-2-12-10-4-8-5-11(9(1)10)13(3-7)14(12)6-8;;;/h7-14H,1-6H2;;;/q;+2;2*-1. The Labute approximate surface area is 112 Å². The van der Waals surface area contributed by atoms with E-state index in [4.69, 9.17) is 0 Å². The van der Waals surface area contributed by atoms with Crippen molar-refractivity contribution < 1.29 is 2.85 Å². The third-order valence-corrected chi connectivity index (χ3v) is 6.93. The van der Waals surface area contributed by atoms with E-state index in [2.05, 4.69) is 0 Å². The SMILES string of the molecule is C1C2CC3C4CC5CC(C14)C(C2)C3C5.[H-].[H-].[Mg+2]. The summed E-state index contributed by atoms with van der Waals surface area (Å²) in [6, 6.07) is 0. The van der Waals surface area contributed by atoms with Crippen LogP contribution in [-0.2, 0) is 0 Å². The van der Waals surface area contributed by atoms with Crippen LogP contribution in [-0.4, -0.2) is 23.1 Å². The summed E-state index contributed by atoms with van der Waals surface area (Å²) in [5.41, 5.74) is 0. The zero-order chi connectivity index (χ0) is 8.86. The van der Waals surface area contributed by atoms with Crippen molar-refractivity contribution in [3.63, 3.8) is 0 Å². The van der Waals surface area contributed by atoms with Crippen molar-refractivity contribution in [2.45, 2.75) is 38.5 Å². The smallest absolute Gasteiger partial charge is 1.00 e. The van der Waals surface area contributed by atoms with Gasteiger partial charge in [0.15, 0.2) is 0 Å². The van der Waals surface area contributed by atoms with Crippen molar-refractivity contribution in [1.29, 1.82) is 0 Å². The van der Waals surface area contributed by atoms with Gasteiger partial charge in [-0.3, -0.25) is 0 Å². The van der Waals surface area contributed by atoms with Gasteiger partial charge in [-0.2, -0.15) is 0 Å². The Morgan fingerprint density at radius 1 is 0.467 bits per heavy atom. The molecule has 0 aliphatic heterocycles. The molecule has 0 aromatic rings. The van der Waals surface area contributed by atoms with Crippen LogP contribution in [0.2, 0.25) is 0 Å². The monoisotopic (exact) mass is 214 g/mol. The van der Waals surface area contributed by atoms with E-state index < -0.39 is 0 Å². The van der Waals surface area contributed by atoms with E-state index in [1.54, 1.807) is 38.5 Å². The molecule has 0 N–H and O–H groups in total. The fraction of sp³-hybridized carbons (Fsp3) is 1.00. The van der Waals surface area contributed by atoms with Gasteiger partial charge in [-0.05, 0) is 85.9 Å². The molecule has 7 rings (SSSR count). The molecule has 15 heavy (non-hydrogen) atoms. The van der Waals surface area contributed by atoms with Crippen LogP contribution in [0.3, 0.4) is 0 Å². The van der Waals surface area contributed by atoms with Crippen LogP contribution in [0, 0.1) is 47.3 Å². The molecule has 7 fully saturated rings. The first-order valence-electron chi connectivity index (χ1n) is 6.90. The Kier molecular flexibility index (Phi) is 1.92. The van der Waals surface area contributed by atoms with Crippen LogP contribution >= 0.6 is 0 Å². The molecule has 0 atom stereocenters. The Balaban J connectivity index is 0.000000360. The van der Waals surface area contributed by atoms with E-state index in [0.29, 0.717) is 0 Å². The van der Waals surface area contributed by atoms with Crippen molar-refractivity contribution in [3.8, 4) is 0 Å². The molecule has 1 heteroatoms. The molecule has 0 heterocycles. The average molecular weight is 215 g/mol. The van der Waals surface area contributed by atoms with Gasteiger partial charge in [0.1, 0.15) is 0 Å². The van der Waals surface area contributed by atoms with Crippen molar-refractivity contribution >= 4 is 23.1 Å². The van der Waals surface area contributed by atoms with Crippen LogP contribution in [0.15, 0.2) is 0 Å². The van der Waals surface area contributed by atoms with Gasteiger partial charge in [0.2, 0.25) is 0 Å². The van der Waals surface area contributed by atoms with Gasteiger partial charge in [-0.25, -0.2) is 0 Å². The summed E-state index contributed by atoms with van der Waals surface area (Å²) in [5.74, 6) is 9.74. The van der Waals surface area contributed by atoms with Crippen molar-refractivity contribution in [2.75, 3.05) is 0 Å². The number of hydrogen-bond acceptors (Lipinski definition) is 0. The van der Waals surface area contributed by atoms with E-state index in [-0.39, 0.29) is 25.9 Å². The molecular formula is C14H22Mg. The van der Waals surface area contributed by atoms with E-state index in [1.807, 2.05) is 0 Å². The maximum atomic E-state index is 1.65. The fourth-order valence-corrected chi connectivity index (χ4v) is 6.89. The Morgan fingerprint density at radius 2 is 0.667 bits per heavy atom. The molecule has 0 nitrogen and oxygen atoms in total. The molecule has 0 amide bonds. The minimum atomic E-state index is 0. The summed E-state index contributed by atoms with van der Waals surface area (Å²) in [4.78, 5) is 0. The first-order valence-corrected chi connectivity index (χ1v) is 6.90.